The molecule has 1 aliphatic rings. The number of nitrogens with one attached hydrogen (secondary N) is 1. The first-order valence-electron chi connectivity index (χ1n) is 7.70. The smallest absolute Gasteiger partial charge is 0.329 e. The van der Waals surface area contributed by atoms with Crippen LogP contribution in [0.2, 0.25) is 0 Å². The molecule has 1 fully saturated rings. The largest absolute Gasteiger partial charge is 0.481 e. The van der Waals surface area contributed by atoms with E-state index in [1.807, 2.05) is 0 Å². The Morgan fingerprint density at radius 3 is 2.75 bits per heavy atom. The number of nitrogens with zero attached hydrogens (tertiary/aromatic N) is 2. The molecule has 24 heavy (non-hydrogen) atoms. The molecule has 0 unspecified atom stereocenters. The van der Waals surface area contributed by atoms with Gasteiger partial charge >= 0.3 is 11.7 Å². The van der Waals surface area contributed by atoms with Crippen LogP contribution in [0.3, 0.4) is 0 Å². The lowest BCUT2D eigenvalue weighted by molar-refractivity contribution is -0.145. The topological polar surface area (TPSA) is 112 Å². The molecule has 1 aliphatic heterocycles. The molecule has 3 rings (SSSR count). The number of hydrogen-bond acceptors (Lipinski definition) is 4. The number of likely N-dealkylation sites (tertiary alicyclic amines) is 1. The van der Waals surface area contributed by atoms with Gasteiger partial charge in [-0.25, -0.2) is 4.79 Å². The standard InChI is InChI=1S/C16H17N3O5/c20-13(18-7-3-4-10(8-18)15(22)23)9-19-14(21)11-5-1-2-6-12(11)17-16(19)24/h1-2,5-6,10H,3-4,7-9H2,(H,17,24)(H,22,23)/t10-/m1/s1. The molecular weight excluding hydrogens is 314 g/mol. The van der Waals surface area contributed by atoms with Gasteiger partial charge in [-0.05, 0) is 25.0 Å². The van der Waals surface area contributed by atoms with Crippen molar-refractivity contribution in [2.75, 3.05) is 13.1 Å². The summed E-state index contributed by atoms with van der Waals surface area (Å²) >= 11 is 0. The van der Waals surface area contributed by atoms with E-state index in [1.54, 1.807) is 24.3 Å². The lowest BCUT2D eigenvalue weighted by Crippen LogP contribution is -2.46. The Kier molecular flexibility index (Phi) is 4.20. The highest BCUT2D eigenvalue weighted by Gasteiger charge is 2.28. The Balaban J connectivity index is 1.87. The van der Waals surface area contributed by atoms with Crippen molar-refractivity contribution in [1.29, 1.82) is 0 Å². The average molecular weight is 331 g/mol. The molecular formula is C16H17N3O5. The maximum absolute atomic E-state index is 12.4. The van der Waals surface area contributed by atoms with Crippen molar-refractivity contribution >= 4 is 22.8 Å². The van der Waals surface area contributed by atoms with Crippen molar-refractivity contribution in [1.82, 2.24) is 14.5 Å². The predicted octanol–water partition coefficient (Wildman–Crippen LogP) is 0.0130. The summed E-state index contributed by atoms with van der Waals surface area (Å²) in [7, 11) is 0. The van der Waals surface area contributed by atoms with Gasteiger partial charge in [0.2, 0.25) is 5.91 Å². The number of rotatable bonds is 3. The van der Waals surface area contributed by atoms with Gasteiger partial charge < -0.3 is 15.0 Å². The van der Waals surface area contributed by atoms with Crippen LogP contribution < -0.4 is 11.2 Å². The predicted molar refractivity (Wildman–Crippen MR) is 85.8 cm³/mol. The molecule has 126 valence electrons. The number of para-hydroxylation sites is 1. The second kappa shape index (κ2) is 6.31. The minimum Gasteiger partial charge on any atom is -0.481 e. The molecule has 0 bridgehead atoms. The molecule has 1 aromatic heterocycles. The zero-order valence-corrected chi connectivity index (χ0v) is 12.9. The number of carboxylic acids is 1. The fourth-order valence-corrected chi connectivity index (χ4v) is 2.98. The van der Waals surface area contributed by atoms with E-state index < -0.39 is 35.6 Å². The summed E-state index contributed by atoms with van der Waals surface area (Å²) in [6, 6.07) is 6.58. The second-order valence-corrected chi connectivity index (χ2v) is 5.88. The summed E-state index contributed by atoms with van der Waals surface area (Å²) in [4.78, 5) is 52.0. The number of H-pyrrole nitrogens is 1. The van der Waals surface area contributed by atoms with Crippen molar-refractivity contribution in [3.05, 3.63) is 45.1 Å². The third-order valence-corrected chi connectivity index (χ3v) is 4.31. The highest BCUT2D eigenvalue weighted by molar-refractivity contribution is 5.79. The first-order valence-corrected chi connectivity index (χ1v) is 7.70. The Hall–Kier alpha value is -2.90. The zero-order valence-electron chi connectivity index (χ0n) is 12.9. The third-order valence-electron chi connectivity index (χ3n) is 4.31. The Labute approximate surface area is 136 Å². The molecule has 1 saturated heterocycles. The van der Waals surface area contributed by atoms with Crippen molar-refractivity contribution < 1.29 is 14.7 Å². The Morgan fingerprint density at radius 1 is 1.25 bits per heavy atom. The Bertz CT molecular complexity index is 914. The molecule has 2 N–H and O–H groups in total. The number of carboxylic acid groups (broad SMARTS) is 1. The summed E-state index contributed by atoms with van der Waals surface area (Å²) < 4.78 is 0.856. The highest BCUT2D eigenvalue weighted by Crippen LogP contribution is 2.16. The quantitative estimate of drug-likeness (QED) is 0.823. The molecule has 1 aromatic carbocycles. The summed E-state index contributed by atoms with van der Waals surface area (Å²) in [5, 5.41) is 9.41. The number of carbonyl (C=O) groups excluding carboxylic acids is 1. The van der Waals surface area contributed by atoms with Gasteiger partial charge in [0.25, 0.3) is 5.56 Å². The van der Waals surface area contributed by atoms with E-state index in [2.05, 4.69) is 4.98 Å². The molecule has 0 saturated carbocycles. The zero-order chi connectivity index (χ0) is 17.3. The van der Waals surface area contributed by atoms with Gasteiger partial charge in [0.05, 0.1) is 16.8 Å². The number of aliphatic carboxylic acids is 1. The maximum atomic E-state index is 12.4. The molecule has 1 amide bonds. The van der Waals surface area contributed by atoms with Crippen molar-refractivity contribution in [3.63, 3.8) is 0 Å². The molecule has 8 heteroatoms. The van der Waals surface area contributed by atoms with Gasteiger partial charge in [0.15, 0.2) is 0 Å². The van der Waals surface area contributed by atoms with Crippen LogP contribution in [-0.2, 0) is 16.1 Å². The van der Waals surface area contributed by atoms with E-state index in [9.17, 15) is 19.2 Å². The summed E-state index contributed by atoms with van der Waals surface area (Å²) in [6.07, 6.45) is 1.11. The van der Waals surface area contributed by atoms with Gasteiger partial charge in [-0.1, -0.05) is 12.1 Å². The highest BCUT2D eigenvalue weighted by atomic mass is 16.4. The van der Waals surface area contributed by atoms with E-state index in [0.29, 0.717) is 30.3 Å². The van der Waals surface area contributed by atoms with Crippen LogP contribution in [0.15, 0.2) is 33.9 Å². The minimum atomic E-state index is -0.937. The molecule has 0 aliphatic carbocycles. The number of piperidine rings is 1. The number of aromatic nitrogens is 2. The van der Waals surface area contributed by atoms with Crippen molar-refractivity contribution in [3.8, 4) is 0 Å². The van der Waals surface area contributed by atoms with Crippen LogP contribution >= 0.6 is 0 Å². The van der Waals surface area contributed by atoms with Crippen LogP contribution in [0.5, 0.6) is 0 Å². The van der Waals surface area contributed by atoms with E-state index in [-0.39, 0.29) is 6.54 Å². The van der Waals surface area contributed by atoms with Crippen molar-refractivity contribution in [2.45, 2.75) is 19.4 Å². The van der Waals surface area contributed by atoms with Crippen LogP contribution in [0.1, 0.15) is 12.8 Å². The van der Waals surface area contributed by atoms with Crippen molar-refractivity contribution in [2.24, 2.45) is 5.92 Å². The number of carbonyl (C=O) groups is 2. The number of fused-ring (bicyclic) bond motifs is 1. The molecule has 2 aromatic rings. The van der Waals surface area contributed by atoms with E-state index in [0.717, 1.165) is 4.57 Å². The monoisotopic (exact) mass is 331 g/mol. The molecule has 2 heterocycles. The Morgan fingerprint density at radius 2 is 2.00 bits per heavy atom. The van der Waals surface area contributed by atoms with Gasteiger partial charge in [-0.15, -0.1) is 0 Å². The lowest BCUT2D eigenvalue weighted by atomic mass is 9.98. The third kappa shape index (κ3) is 2.94. The van der Waals surface area contributed by atoms with E-state index >= 15 is 0 Å². The van der Waals surface area contributed by atoms with Crippen LogP contribution in [0.25, 0.3) is 10.9 Å². The fraction of sp³-hybridized carbons (Fsp3) is 0.375. The number of amides is 1. The summed E-state index contributed by atoms with van der Waals surface area (Å²) in [5.74, 6) is -1.97. The lowest BCUT2D eigenvalue weighted by Gasteiger charge is -2.30. The van der Waals surface area contributed by atoms with E-state index in [4.69, 9.17) is 5.11 Å². The molecule has 0 radical (unpaired) electrons. The fourth-order valence-electron chi connectivity index (χ4n) is 2.98. The van der Waals surface area contributed by atoms with Crippen LogP contribution in [0.4, 0.5) is 0 Å². The summed E-state index contributed by atoms with van der Waals surface area (Å²) in [6.45, 7) is 0.141. The van der Waals surface area contributed by atoms with Gasteiger partial charge in [0, 0.05) is 13.1 Å². The van der Waals surface area contributed by atoms with Crippen LogP contribution in [-0.4, -0.2) is 44.5 Å². The summed E-state index contributed by atoms with van der Waals surface area (Å²) in [5.41, 5.74) is -0.770. The van der Waals surface area contributed by atoms with E-state index in [1.165, 1.54) is 4.90 Å². The minimum absolute atomic E-state index is 0.106. The molecule has 0 spiro atoms. The van der Waals surface area contributed by atoms with Crippen LogP contribution in [0, 0.1) is 5.92 Å². The normalized spacial score (nSPS) is 17.8. The van der Waals surface area contributed by atoms with Gasteiger partial charge in [-0.2, -0.15) is 0 Å². The maximum Gasteiger partial charge on any atom is 0.329 e. The van der Waals surface area contributed by atoms with Gasteiger partial charge in [0.1, 0.15) is 6.54 Å². The number of aromatic amines is 1. The number of benzene rings is 1. The number of hydrogen-bond donors (Lipinski definition) is 2. The molecule has 1 atom stereocenters. The first-order chi connectivity index (χ1) is 11.5. The molecule has 8 nitrogen and oxygen atoms in total. The SMILES string of the molecule is O=C(O)[C@@H]1CCCN(C(=O)Cn2c(=O)[nH]c3ccccc3c2=O)C1. The second-order valence-electron chi connectivity index (χ2n) is 5.88. The first kappa shape index (κ1) is 16.0. The van der Waals surface area contributed by atoms with Gasteiger partial charge in [-0.3, -0.25) is 19.0 Å². The average Bonchev–Trinajstić information content (AvgIpc) is 2.58.